The highest BCUT2D eigenvalue weighted by Crippen LogP contribution is 2.25. The predicted molar refractivity (Wildman–Crippen MR) is 108 cm³/mol. The van der Waals surface area contributed by atoms with Gasteiger partial charge < -0.3 is 24.1 Å². The van der Waals surface area contributed by atoms with Crippen molar-refractivity contribution in [1.29, 1.82) is 0 Å². The lowest BCUT2D eigenvalue weighted by molar-refractivity contribution is 0.0512. The number of rotatable bonds is 6. The van der Waals surface area contributed by atoms with E-state index in [1.165, 1.54) is 32.4 Å². The molecule has 0 fully saturated rings. The van der Waals surface area contributed by atoms with Gasteiger partial charge in [-0.15, -0.1) is 0 Å². The van der Waals surface area contributed by atoms with E-state index in [0.717, 1.165) is 0 Å². The minimum absolute atomic E-state index is 0.0651. The van der Waals surface area contributed by atoms with Crippen molar-refractivity contribution in [3.8, 4) is 0 Å². The van der Waals surface area contributed by atoms with Gasteiger partial charge in [0, 0.05) is 12.7 Å². The van der Waals surface area contributed by atoms with Crippen LogP contribution in [-0.4, -0.2) is 49.2 Å². The molecule has 9 heteroatoms. The molecule has 0 unspecified atom stereocenters. The molecule has 0 saturated heterocycles. The Morgan fingerprint density at radius 2 is 1.63 bits per heavy atom. The normalized spacial score (nSPS) is 10.3. The molecule has 1 heterocycles. The average Bonchev–Trinajstić information content (AvgIpc) is 2.95. The Labute approximate surface area is 173 Å². The van der Waals surface area contributed by atoms with Crippen LogP contribution in [0.1, 0.15) is 59.7 Å². The van der Waals surface area contributed by atoms with Crippen molar-refractivity contribution in [1.82, 2.24) is 4.57 Å². The van der Waals surface area contributed by atoms with Gasteiger partial charge >= 0.3 is 17.9 Å². The summed E-state index contributed by atoms with van der Waals surface area (Å²) >= 11 is 0. The minimum atomic E-state index is -0.685. The summed E-state index contributed by atoms with van der Waals surface area (Å²) < 4.78 is 16.1. The number of anilines is 1. The van der Waals surface area contributed by atoms with Gasteiger partial charge in [-0.1, -0.05) is 0 Å². The fourth-order valence-electron chi connectivity index (χ4n) is 3.17. The summed E-state index contributed by atoms with van der Waals surface area (Å²) in [5, 5.41) is 2.64. The lowest BCUT2D eigenvalue weighted by atomic mass is 10.1. The van der Waals surface area contributed by atoms with Crippen molar-refractivity contribution in [2.24, 2.45) is 7.05 Å². The first-order valence-corrected chi connectivity index (χ1v) is 9.12. The van der Waals surface area contributed by atoms with Gasteiger partial charge in [0.15, 0.2) is 0 Å². The van der Waals surface area contributed by atoms with E-state index in [4.69, 9.17) is 14.2 Å². The van der Waals surface area contributed by atoms with Crippen LogP contribution >= 0.6 is 0 Å². The number of hydrogen-bond donors (Lipinski definition) is 1. The second-order valence-corrected chi connectivity index (χ2v) is 6.41. The average molecular weight is 416 g/mol. The molecule has 0 aliphatic carbocycles. The first kappa shape index (κ1) is 22.7. The molecule has 0 radical (unpaired) electrons. The standard InChI is InChI=1S/C21H24N2O7/c1-7-30-21(27)17-11(2)16(12(3)23(17)4)18(24)22-15-10-13(19(25)28-5)8-9-14(15)20(26)29-6/h8-10H,7H2,1-6H3,(H,22,24). The highest BCUT2D eigenvalue weighted by molar-refractivity contribution is 6.11. The van der Waals surface area contributed by atoms with Crippen LogP contribution in [0.4, 0.5) is 5.69 Å². The molecule has 1 amide bonds. The molecule has 0 saturated carbocycles. The number of methoxy groups -OCH3 is 2. The summed E-state index contributed by atoms with van der Waals surface area (Å²) in [7, 11) is 4.09. The smallest absolute Gasteiger partial charge is 0.355 e. The summed E-state index contributed by atoms with van der Waals surface area (Å²) in [6.45, 7) is 5.23. The molecule has 160 valence electrons. The number of amides is 1. The number of benzene rings is 1. The lowest BCUT2D eigenvalue weighted by Crippen LogP contribution is -2.18. The van der Waals surface area contributed by atoms with Crippen LogP contribution in [0.25, 0.3) is 0 Å². The van der Waals surface area contributed by atoms with Gasteiger partial charge in [-0.25, -0.2) is 14.4 Å². The Balaban J connectivity index is 2.52. The molecule has 0 spiro atoms. The van der Waals surface area contributed by atoms with E-state index in [0.29, 0.717) is 11.3 Å². The zero-order chi connectivity index (χ0) is 22.6. The van der Waals surface area contributed by atoms with Crippen molar-refractivity contribution >= 4 is 29.5 Å². The third-order valence-electron chi connectivity index (χ3n) is 4.72. The predicted octanol–water partition coefficient (Wildman–Crippen LogP) is 2.64. The third kappa shape index (κ3) is 4.19. The molecule has 30 heavy (non-hydrogen) atoms. The third-order valence-corrected chi connectivity index (χ3v) is 4.72. The molecule has 2 aromatic rings. The van der Waals surface area contributed by atoms with Crippen LogP contribution in [0, 0.1) is 13.8 Å². The van der Waals surface area contributed by atoms with E-state index in [1.54, 1.807) is 32.4 Å². The number of ether oxygens (including phenoxy) is 3. The maximum atomic E-state index is 13.1. The number of nitrogens with one attached hydrogen (secondary N) is 1. The molecule has 9 nitrogen and oxygen atoms in total. The van der Waals surface area contributed by atoms with E-state index in [9.17, 15) is 19.2 Å². The van der Waals surface area contributed by atoms with Gasteiger partial charge in [0.25, 0.3) is 5.91 Å². The van der Waals surface area contributed by atoms with E-state index in [2.05, 4.69) is 5.32 Å². The summed E-state index contributed by atoms with van der Waals surface area (Å²) in [6, 6.07) is 4.09. The van der Waals surface area contributed by atoms with Crippen LogP contribution in [0.3, 0.4) is 0 Å². The van der Waals surface area contributed by atoms with Crippen LogP contribution in [0.5, 0.6) is 0 Å². The van der Waals surface area contributed by atoms with Crippen molar-refractivity contribution in [3.05, 3.63) is 51.8 Å². The van der Waals surface area contributed by atoms with Gasteiger partial charge in [0.1, 0.15) is 5.69 Å². The minimum Gasteiger partial charge on any atom is -0.465 e. The van der Waals surface area contributed by atoms with Crippen LogP contribution < -0.4 is 5.32 Å². The molecule has 1 aromatic heterocycles. The van der Waals surface area contributed by atoms with Gasteiger partial charge in [0.2, 0.25) is 0 Å². The fourth-order valence-corrected chi connectivity index (χ4v) is 3.17. The molecule has 0 atom stereocenters. The molecule has 0 bridgehead atoms. The Bertz CT molecular complexity index is 1020. The van der Waals surface area contributed by atoms with E-state index in [-0.39, 0.29) is 34.7 Å². The SMILES string of the molecule is CCOC(=O)c1c(C)c(C(=O)Nc2cc(C(=O)OC)ccc2C(=O)OC)c(C)n1C. The highest BCUT2D eigenvalue weighted by atomic mass is 16.5. The number of aromatic nitrogens is 1. The second kappa shape index (κ2) is 9.25. The Morgan fingerprint density at radius 3 is 2.20 bits per heavy atom. The monoisotopic (exact) mass is 416 g/mol. The lowest BCUT2D eigenvalue weighted by Gasteiger charge is -2.12. The van der Waals surface area contributed by atoms with Crippen LogP contribution in [0.15, 0.2) is 18.2 Å². The first-order valence-electron chi connectivity index (χ1n) is 9.12. The fraction of sp³-hybridized carbons (Fsp3) is 0.333. The maximum absolute atomic E-state index is 13.1. The molecular formula is C21H24N2O7. The maximum Gasteiger partial charge on any atom is 0.355 e. The van der Waals surface area contributed by atoms with Gasteiger partial charge in [0.05, 0.1) is 43.2 Å². The molecule has 0 aliphatic rings. The first-order chi connectivity index (χ1) is 14.2. The van der Waals surface area contributed by atoms with Gasteiger partial charge in [-0.05, 0) is 44.5 Å². The number of carbonyl (C=O) groups is 4. The highest BCUT2D eigenvalue weighted by Gasteiger charge is 2.27. The molecular weight excluding hydrogens is 392 g/mol. The summed E-state index contributed by atoms with van der Waals surface area (Å²) in [5.74, 6) is -2.40. The number of esters is 3. The summed E-state index contributed by atoms with van der Waals surface area (Å²) in [6.07, 6.45) is 0. The number of nitrogens with zero attached hydrogens (tertiary/aromatic N) is 1. The van der Waals surface area contributed by atoms with Crippen molar-refractivity contribution in [2.45, 2.75) is 20.8 Å². The zero-order valence-corrected chi connectivity index (χ0v) is 17.7. The van der Waals surface area contributed by atoms with Crippen molar-refractivity contribution in [2.75, 3.05) is 26.1 Å². The van der Waals surface area contributed by atoms with Crippen LogP contribution in [-0.2, 0) is 21.3 Å². The quantitative estimate of drug-likeness (QED) is 0.569. The van der Waals surface area contributed by atoms with E-state index >= 15 is 0 Å². The number of hydrogen-bond acceptors (Lipinski definition) is 7. The van der Waals surface area contributed by atoms with Crippen molar-refractivity contribution < 1.29 is 33.4 Å². The summed E-state index contributed by atoms with van der Waals surface area (Å²) in [5.41, 5.74) is 1.79. The van der Waals surface area contributed by atoms with Crippen LogP contribution in [0.2, 0.25) is 0 Å². The molecule has 2 rings (SSSR count). The van der Waals surface area contributed by atoms with E-state index < -0.39 is 23.8 Å². The Kier molecular flexibility index (Phi) is 6.99. The van der Waals surface area contributed by atoms with Gasteiger partial charge in [-0.3, -0.25) is 4.79 Å². The summed E-state index contributed by atoms with van der Waals surface area (Å²) in [4.78, 5) is 49.3. The largest absolute Gasteiger partial charge is 0.465 e. The van der Waals surface area contributed by atoms with Crippen molar-refractivity contribution in [3.63, 3.8) is 0 Å². The Morgan fingerprint density at radius 1 is 1.00 bits per heavy atom. The molecule has 1 aromatic carbocycles. The van der Waals surface area contributed by atoms with E-state index in [1.807, 2.05) is 0 Å². The zero-order valence-electron chi connectivity index (χ0n) is 17.7. The Hall–Kier alpha value is -3.62. The van der Waals surface area contributed by atoms with Gasteiger partial charge in [-0.2, -0.15) is 0 Å². The topological polar surface area (TPSA) is 113 Å². The molecule has 1 N–H and O–H groups in total. The number of carbonyl (C=O) groups excluding carboxylic acids is 4. The molecule has 0 aliphatic heterocycles. The second-order valence-electron chi connectivity index (χ2n) is 6.41.